The average molecular weight is 306 g/mol. The highest BCUT2D eigenvalue weighted by atomic mass is 16.5. The van der Waals surface area contributed by atoms with Crippen LogP contribution in [-0.4, -0.2) is 71.3 Å². The van der Waals surface area contributed by atoms with Gasteiger partial charge in [-0.15, -0.1) is 0 Å². The van der Waals surface area contributed by atoms with Crippen LogP contribution < -0.4 is 0 Å². The lowest BCUT2D eigenvalue weighted by molar-refractivity contribution is 0.0306. The minimum Gasteiger partial charge on any atom is -0.379 e. The Bertz CT molecular complexity index is 403. The Kier molecular flexibility index (Phi) is 6.28. The van der Waals surface area contributed by atoms with Crippen molar-refractivity contribution in [3.8, 4) is 0 Å². The summed E-state index contributed by atoms with van der Waals surface area (Å²) in [5.41, 5.74) is 0. The standard InChI is InChI=1S/C17H30N4O/c1-2-8-21(9-3-7-20-11-6-18-16-20)17(4-1)5-10-19-12-14-22-15-13-19/h6,11,16-17H,1-5,7-10,12-15H2. The molecule has 124 valence electrons. The molecule has 0 N–H and O–H groups in total. The number of nitrogens with zero attached hydrogens (tertiary/aromatic N) is 4. The number of imidazole rings is 1. The Morgan fingerprint density at radius 2 is 1.95 bits per heavy atom. The van der Waals surface area contributed by atoms with Gasteiger partial charge in [0.2, 0.25) is 0 Å². The third-order valence-electron chi connectivity index (χ3n) is 5.05. The quantitative estimate of drug-likeness (QED) is 0.770. The molecule has 1 unspecified atom stereocenters. The van der Waals surface area contributed by atoms with Crippen LogP contribution >= 0.6 is 0 Å². The molecule has 1 atom stereocenters. The monoisotopic (exact) mass is 306 g/mol. The van der Waals surface area contributed by atoms with Gasteiger partial charge in [0, 0.05) is 44.6 Å². The summed E-state index contributed by atoms with van der Waals surface area (Å²) in [6.45, 7) is 8.92. The number of morpholine rings is 1. The maximum Gasteiger partial charge on any atom is 0.0945 e. The molecule has 1 aromatic heterocycles. The lowest BCUT2D eigenvalue weighted by Gasteiger charge is -2.37. The number of aryl methyl sites for hydroxylation is 1. The molecule has 2 fully saturated rings. The van der Waals surface area contributed by atoms with Crippen LogP contribution in [0.4, 0.5) is 0 Å². The van der Waals surface area contributed by atoms with Crippen LogP contribution in [0.25, 0.3) is 0 Å². The van der Waals surface area contributed by atoms with Crippen molar-refractivity contribution in [1.82, 2.24) is 19.4 Å². The predicted octanol–water partition coefficient (Wildman–Crippen LogP) is 1.85. The highest BCUT2D eigenvalue weighted by Crippen LogP contribution is 2.20. The van der Waals surface area contributed by atoms with Gasteiger partial charge in [-0.1, -0.05) is 6.42 Å². The van der Waals surface area contributed by atoms with Crippen LogP contribution in [0.5, 0.6) is 0 Å². The second-order valence-corrected chi connectivity index (χ2v) is 6.58. The zero-order chi connectivity index (χ0) is 15.0. The molecule has 5 nitrogen and oxygen atoms in total. The molecule has 2 saturated heterocycles. The van der Waals surface area contributed by atoms with Crippen molar-refractivity contribution in [2.45, 2.75) is 44.7 Å². The summed E-state index contributed by atoms with van der Waals surface area (Å²) in [4.78, 5) is 9.43. The molecular formula is C17H30N4O. The SMILES string of the molecule is c1cn(CCCN2CCCCC2CCN2CCOCC2)cn1. The van der Waals surface area contributed by atoms with E-state index in [0.29, 0.717) is 0 Å². The van der Waals surface area contributed by atoms with Gasteiger partial charge < -0.3 is 14.2 Å². The van der Waals surface area contributed by atoms with E-state index in [1.54, 1.807) is 0 Å². The van der Waals surface area contributed by atoms with E-state index in [0.717, 1.165) is 38.9 Å². The van der Waals surface area contributed by atoms with Gasteiger partial charge in [-0.3, -0.25) is 4.90 Å². The first-order chi connectivity index (χ1) is 10.9. The Labute approximate surface area is 134 Å². The van der Waals surface area contributed by atoms with Gasteiger partial charge >= 0.3 is 0 Å². The molecule has 0 bridgehead atoms. The second-order valence-electron chi connectivity index (χ2n) is 6.58. The van der Waals surface area contributed by atoms with E-state index >= 15 is 0 Å². The van der Waals surface area contributed by atoms with Crippen LogP contribution in [0.1, 0.15) is 32.1 Å². The van der Waals surface area contributed by atoms with E-state index < -0.39 is 0 Å². The lowest BCUT2D eigenvalue weighted by atomic mass is 9.98. The molecule has 5 heteroatoms. The van der Waals surface area contributed by atoms with Gasteiger partial charge in [0.25, 0.3) is 0 Å². The smallest absolute Gasteiger partial charge is 0.0945 e. The van der Waals surface area contributed by atoms with Crippen LogP contribution in [0.3, 0.4) is 0 Å². The van der Waals surface area contributed by atoms with E-state index in [1.807, 2.05) is 12.5 Å². The first-order valence-electron chi connectivity index (χ1n) is 8.92. The van der Waals surface area contributed by atoms with Crippen molar-refractivity contribution in [1.29, 1.82) is 0 Å². The molecule has 0 aromatic carbocycles. The molecular weight excluding hydrogens is 276 g/mol. The molecule has 0 radical (unpaired) electrons. The normalized spacial score (nSPS) is 24.6. The number of hydrogen-bond acceptors (Lipinski definition) is 4. The van der Waals surface area contributed by atoms with Crippen LogP contribution in [-0.2, 0) is 11.3 Å². The number of piperidine rings is 1. The van der Waals surface area contributed by atoms with Crippen LogP contribution in [0.2, 0.25) is 0 Å². The summed E-state index contributed by atoms with van der Waals surface area (Å²) >= 11 is 0. The Balaban J connectivity index is 1.39. The predicted molar refractivity (Wildman–Crippen MR) is 87.9 cm³/mol. The molecule has 0 saturated carbocycles. The Morgan fingerprint density at radius 3 is 2.77 bits per heavy atom. The minimum absolute atomic E-state index is 0.791. The maximum atomic E-state index is 5.44. The number of ether oxygens (including phenoxy) is 1. The molecule has 2 aliphatic rings. The van der Waals surface area contributed by atoms with Crippen molar-refractivity contribution in [2.75, 3.05) is 45.9 Å². The summed E-state index contributed by atoms with van der Waals surface area (Å²) in [6.07, 6.45) is 12.6. The molecule has 0 aliphatic carbocycles. The van der Waals surface area contributed by atoms with Crippen LogP contribution in [0.15, 0.2) is 18.7 Å². The molecule has 0 spiro atoms. The molecule has 3 heterocycles. The third-order valence-corrected chi connectivity index (χ3v) is 5.05. The lowest BCUT2D eigenvalue weighted by Crippen LogP contribution is -2.44. The molecule has 2 aliphatic heterocycles. The highest BCUT2D eigenvalue weighted by Gasteiger charge is 2.22. The van der Waals surface area contributed by atoms with Crippen molar-refractivity contribution in [2.24, 2.45) is 0 Å². The van der Waals surface area contributed by atoms with Gasteiger partial charge in [-0.05, 0) is 38.8 Å². The van der Waals surface area contributed by atoms with E-state index in [-0.39, 0.29) is 0 Å². The Morgan fingerprint density at radius 1 is 1.05 bits per heavy atom. The van der Waals surface area contributed by atoms with Crippen LogP contribution in [0, 0.1) is 0 Å². The third kappa shape index (κ3) is 4.80. The highest BCUT2D eigenvalue weighted by molar-refractivity contribution is 4.79. The summed E-state index contributed by atoms with van der Waals surface area (Å²) in [7, 11) is 0. The Hall–Kier alpha value is -0.910. The van der Waals surface area contributed by atoms with Crippen molar-refractivity contribution in [3.63, 3.8) is 0 Å². The van der Waals surface area contributed by atoms with E-state index in [9.17, 15) is 0 Å². The van der Waals surface area contributed by atoms with Gasteiger partial charge in [0.15, 0.2) is 0 Å². The molecule has 1 aromatic rings. The zero-order valence-corrected chi connectivity index (χ0v) is 13.7. The fraction of sp³-hybridized carbons (Fsp3) is 0.824. The summed E-state index contributed by atoms with van der Waals surface area (Å²) < 4.78 is 7.63. The topological polar surface area (TPSA) is 33.5 Å². The van der Waals surface area contributed by atoms with Crippen molar-refractivity contribution < 1.29 is 4.74 Å². The van der Waals surface area contributed by atoms with E-state index in [2.05, 4.69) is 25.5 Å². The van der Waals surface area contributed by atoms with Gasteiger partial charge in [0.1, 0.15) is 0 Å². The molecule has 3 rings (SSSR count). The van der Waals surface area contributed by atoms with Crippen molar-refractivity contribution in [3.05, 3.63) is 18.7 Å². The maximum absolute atomic E-state index is 5.44. The largest absolute Gasteiger partial charge is 0.379 e. The number of rotatable bonds is 7. The molecule has 0 amide bonds. The van der Waals surface area contributed by atoms with Gasteiger partial charge in [-0.25, -0.2) is 4.98 Å². The van der Waals surface area contributed by atoms with E-state index in [1.165, 1.54) is 51.7 Å². The van der Waals surface area contributed by atoms with E-state index in [4.69, 9.17) is 4.74 Å². The first kappa shape index (κ1) is 16.0. The number of likely N-dealkylation sites (tertiary alicyclic amines) is 1. The summed E-state index contributed by atoms with van der Waals surface area (Å²) in [5, 5.41) is 0. The zero-order valence-electron chi connectivity index (χ0n) is 13.7. The second kappa shape index (κ2) is 8.65. The van der Waals surface area contributed by atoms with Gasteiger partial charge in [-0.2, -0.15) is 0 Å². The fourth-order valence-electron chi connectivity index (χ4n) is 3.71. The summed E-state index contributed by atoms with van der Waals surface area (Å²) in [5.74, 6) is 0. The number of aromatic nitrogens is 2. The van der Waals surface area contributed by atoms with Gasteiger partial charge in [0.05, 0.1) is 19.5 Å². The molecule has 22 heavy (non-hydrogen) atoms. The first-order valence-corrected chi connectivity index (χ1v) is 8.92. The van der Waals surface area contributed by atoms with Crippen molar-refractivity contribution >= 4 is 0 Å². The summed E-state index contributed by atoms with van der Waals surface area (Å²) in [6, 6.07) is 0.791. The minimum atomic E-state index is 0.791. The fourth-order valence-corrected chi connectivity index (χ4v) is 3.71. The average Bonchev–Trinajstić information content (AvgIpc) is 3.08. The number of hydrogen-bond donors (Lipinski definition) is 0.